The van der Waals surface area contributed by atoms with Crippen LogP contribution in [0.1, 0.15) is 47.8 Å². The monoisotopic (exact) mass is 376 g/mol. The average Bonchev–Trinajstić information content (AvgIpc) is 3.12. The molecule has 0 radical (unpaired) electrons. The zero-order chi connectivity index (χ0) is 20.0. The van der Waals surface area contributed by atoms with Crippen molar-refractivity contribution in [3.63, 3.8) is 0 Å². The normalized spacial score (nSPS) is 12.3. The number of carbonyl (C=O) groups is 3. The Hall–Kier alpha value is -3.85. The van der Waals surface area contributed by atoms with Gasteiger partial charge in [0.15, 0.2) is 17.3 Å². The molecule has 4 aromatic rings. The van der Waals surface area contributed by atoms with Crippen LogP contribution in [0.5, 0.6) is 0 Å². The van der Waals surface area contributed by atoms with Gasteiger partial charge in [0, 0.05) is 34.2 Å². The summed E-state index contributed by atoms with van der Waals surface area (Å²) in [7, 11) is 0. The molecule has 29 heavy (non-hydrogen) atoms. The number of ketones is 3. The molecule has 0 bridgehead atoms. The van der Waals surface area contributed by atoms with Crippen LogP contribution in [0.2, 0.25) is 0 Å². The highest BCUT2D eigenvalue weighted by atomic mass is 16.1. The molecule has 0 spiro atoms. The van der Waals surface area contributed by atoms with E-state index in [2.05, 4.69) is 0 Å². The summed E-state index contributed by atoms with van der Waals surface area (Å²) in [5.74, 6) is -0.218. The Bertz CT molecular complexity index is 1300. The van der Waals surface area contributed by atoms with E-state index in [4.69, 9.17) is 0 Å². The summed E-state index contributed by atoms with van der Waals surface area (Å²) in [4.78, 5) is 38.7. The van der Waals surface area contributed by atoms with E-state index >= 15 is 0 Å². The summed E-state index contributed by atoms with van der Waals surface area (Å²) in [6.45, 7) is 0. The van der Waals surface area contributed by atoms with Gasteiger partial charge in [-0.2, -0.15) is 0 Å². The van der Waals surface area contributed by atoms with E-state index in [0.717, 1.165) is 16.3 Å². The molecule has 0 amide bonds. The summed E-state index contributed by atoms with van der Waals surface area (Å²) in [5, 5.41) is 1.46. The number of Topliss-reactive ketones (excluding diaryl/α,β-unsaturated/α-hetero) is 1. The minimum atomic E-state index is -0.108. The fraction of sp³-hybridized carbons (Fsp3) is 0.0385. The van der Waals surface area contributed by atoms with Gasteiger partial charge in [-0.25, -0.2) is 0 Å². The Morgan fingerprint density at radius 3 is 1.79 bits per heavy atom. The van der Waals surface area contributed by atoms with E-state index < -0.39 is 0 Å². The van der Waals surface area contributed by atoms with Crippen LogP contribution < -0.4 is 0 Å². The number of carbonyl (C=O) groups excluding carboxylic acids is 3. The molecule has 1 aliphatic carbocycles. The SMILES string of the molecule is O=C(c1ccccc1)c1ccc2c(C(=O)c3ccccc3)ccc3c2c1CC3=O. The van der Waals surface area contributed by atoms with Crippen LogP contribution in [0.15, 0.2) is 84.9 Å². The molecule has 3 heteroatoms. The predicted octanol–water partition coefficient (Wildman–Crippen LogP) is 5.04. The molecular weight excluding hydrogens is 360 g/mol. The first-order chi connectivity index (χ1) is 14.1. The summed E-state index contributed by atoms with van der Waals surface area (Å²) in [6, 6.07) is 25.1. The van der Waals surface area contributed by atoms with E-state index in [-0.39, 0.29) is 23.8 Å². The lowest BCUT2D eigenvalue weighted by molar-refractivity contribution is 0.0997. The summed E-state index contributed by atoms with van der Waals surface area (Å²) in [5.41, 5.74) is 3.56. The largest absolute Gasteiger partial charge is 0.294 e. The Morgan fingerprint density at radius 1 is 0.621 bits per heavy atom. The van der Waals surface area contributed by atoms with Crippen LogP contribution in [0.25, 0.3) is 10.8 Å². The molecule has 0 aliphatic heterocycles. The first-order valence-corrected chi connectivity index (χ1v) is 9.46. The standard InChI is InChI=1S/C26H16O3/c27-23-15-22-20(26(29)17-9-5-2-6-10-17)12-11-18-19(13-14-21(23)24(18)22)25(28)16-7-3-1-4-8-16/h1-14H,15H2. The van der Waals surface area contributed by atoms with E-state index in [1.54, 1.807) is 48.5 Å². The number of rotatable bonds is 4. The van der Waals surface area contributed by atoms with Crippen LogP contribution >= 0.6 is 0 Å². The molecule has 5 rings (SSSR count). The van der Waals surface area contributed by atoms with Crippen molar-refractivity contribution in [2.45, 2.75) is 6.42 Å². The molecular formula is C26H16O3. The van der Waals surface area contributed by atoms with Gasteiger partial charge in [-0.1, -0.05) is 78.9 Å². The molecule has 4 aromatic carbocycles. The van der Waals surface area contributed by atoms with Crippen molar-refractivity contribution in [1.82, 2.24) is 0 Å². The maximum absolute atomic E-state index is 13.1. The zero-order valence-electron chi connectivity index (χ0n) is 15.5. The molecule has 1 aliphatic rings. The minimum absolute atomic E-state index is 0.0166. The molecule has 0 heterocycles. The minimum Gasteiger partial charge on any atom is -0.294 e. The number of benzene rings is 4. The Morgan fingerprint density at radius 2 is 1.17 bits per heavy atom. The first kappa shape index (κ1) is 17.3. The third-order valence-corrected chi connectivity index (χ3v) is 5.49. The second kappa shape index (κ2) is 6.64. The quantitative estimate of drug-likeness (QED) is 0.469. The lowest BCUT2D eigenvalue weighted by atomic mass is 9.90. The highest BCUT2D eigenvalue weighted by molar-refractivity contribution is 6.25. The maximum Gasteiger partial charge on any atom is 0.193 e. The van der Waals surface area contributed by atoms with Gasteiger partial charge in [-0.05, 0) is 22.4 Å². The summed E-state index contributed by atoms with van der Waals surface area (Å²) >= 11 is 0. The second-order valence-corrected chi connectivity index (χ2v) is 7.17. The van der Waals surface area contributed by atoms with Gasteiger partial charge in [0.1, 0.15) is 0 Å². The van der Waals surface area contributed by atoms with E-state index in [9.17, 15) is 14.4 Å². The Labute approximate surface area is 167 Å². The van der Waals surface area contributed by atoms with Gasteiger partial charge in [-0.3, -0.25) is 14.4 Å². The molecule has 138 valence electrons. The van der Waals surface area contributed by atoms with Crippen LogP contribution in [0, 0.1) is 0 Å². The topological polar surface area (TPSA) is 51.2 Å². The average molecular weight is 376 g/mol. The number of hydrogen-bond acceptors (Lipinski definition) is 3. The predicted molar refractivity (Wildman–Crippen MR) is 112 cm³/mol. The van der Waals surface area contributed by atoms with Crippen molar-refractivity contribution < 1.29 is 14.4 Å². The van der Waals surface area contributed by atoms with E-state index in [1.165, 1.54) is 0 Å². The molecule has 3 nitrogen and oxygen atoms in total. The fourth-order valence-electron chi connectivity index (χ4n) is 4.09. The van der Waals surface area contributed by atoms with Crippen molar-refractivity contribution in [2.75, 3.05) is 0 Å². The zero-order valence-corrected chi connectivity index (χ0v) is 15.5. The number of hydrogen-bond donors (Lipinski definition) is 0. The Balaban J connectivity index is 1.72. The molecule has 0 fully saturated rings. The van der Waals surface area contributed by atoms with Crippen LogP contribution in [-0.4, -0.2) is 17.3 Å². The van der Waals surface area contributed by atoms with Crippen molar-refractivity contribution in [3.8, 4) is 0 Å². The van der Waals surface area contributed by atoms with Crippen LogP contribution in [0.4, 0.5) is 0 Å². The Kier molecular flexibility index (Phi) is 3.95. The summed E-state index contributed by atoms with van der Waals surface area (Å²) < 4.78 is 0. The van der Waals surface area contributed by atoms with Crippen molar-refractivity contribution in [3.05, 3.63) is 118 Å². The third kappa shape index (κ3) is 2.71. The molecule has 0 unspecified atom stereocenters. The van der Waals surface area contributed by atoms with Gasteiger partial charge >= 0.3 is 0 Å². The first-order valence-electron chi connectivity index (χ1n) is 9.46. The second-order valence-electron chi connectivity index (χ2n) is 7.17. The van der Waals surface area contributed by atoms with Gasteiger partial charge in [0.05, 0.1) is 0 Å². The highest BCUT2D eigenvalue weighted by Gasteiger charge is 2.29. The summed E-state index contributed by atoms with van der Waals surface area (Å²) in [6.07, 6.45) is 0.184. The van der Waals surface area contributed by atoms with Crippen LogP contribution in [-0.2, 0) is 6.42 Å². The smallest absolute Gasteiger partial charge is 0.193 e. The molecule has 0 aromatic heterocycles. The third-order valence-electron chi connectivity index (χ3n) is 5.49. The molecule has 0 saturated carbocycles. The van der Waals surface area contributed by atoms with Crippen molar-refractivity contribution >= 4 is 28.1 Å². The maximum atomic E-state index is 13.1. The molecule has 0 saturated heterocycles. The van der Waals surface area contributed by atoms with E-state index in [0.29, 0.717) is 27.8 Å². The van der Waals surface area contributed by atoms with Crippen LogP contribution in [0.3, 0.4) is 0 Å². The fourth-order valence-corrected chi connectivity index (χ4v) is 4.09. The molecule has 0 atom stereocenters. The highest BCUT2D eigenvalue weighted by Crippen LogP contribution is 2.36. The van der Waals surface area contributed by atoms with Crippen molar-refractivity contribution in [1.29, 1.82) is 0 Å². The van der Waals surface area contributed by atoms with Gasteiger partial charge < -0.3 is 0 Å². The van der Waals surface area contributed by atoms with Gasteiger partial charge in [0.25, 0.3) is 0 Å². The van der Waals surface area contributed by atoms with Gasteiger partial charge in [0.2, 0.25) is 0 Å². The molecule has 0 N–H and O–H groups in total. The van der Waals surface area contributed by atoms with Gasteiger partial charge in [-0.15, -0.1) is 0 Å². The van der Waals surface area contributed by atoms with Crippen molar-refractivity contribution in [2.24, 2.45) is 0 Å². The van der Waals surface area contributed by atoms with E-state index in [1.807, 2.05) is 36.4 Å². The lowest BCUT2D eigenvalue weighted by Gasteiger charge is -2.11. The lowest BCUT2D eigenvalue weighted by Crippen LogP contribution is -2.06.